The van der Waals surface area contributed by atoms with Crippen LogP contribution in [0.5, 0.6) is 0 Å². The summed E-state index contributed by atoms with van der Waals surface area (Å²) in [5.41, 5.74) is 0. The van der Waals surface area contributed by atoms with Crippen molar-refractivity contribution < 1.29 is 8.42 Å². The Morgan fingerprint density at radius 3 is 2.87 bits per heavy atom. The minimum absolute atomic E-state index is 0.295. The van der Waals surface area contributed by atoms with E-state index in [0.717, 1.165) is 38.5 Å². The van der Waals surface area contributed by atoms with Gasteiger partial charge in [-0.25, -0.2) is 8.42 Å². The van der Waals surface area contributed by atoms with Gasteiger partial charge in [0.15, 0.2) is 0 Å². The first-order valence-corrected chi connectivity index (χ1v) is 7.73. The van der Waals surface area contributed by atoms with E-state index in [-0.39, 0.29) is 0 Å². The largest absolute Gasteiger partial charge is 0.316 e. The second-order valence-corrected chi connectivity index (χ2v) is 6.66. The zero-order valence-electron chi connectivity index (χ0n) is 9.46. The first-order chi connectivity index (χ1) is 7.08. The van der Waals surface area contributed by atoms with Crippen molar-refractivity contribution in [3.63, 3.8) is 0 Å². The van der Waals surface area contributed by atoms with Gasteiger partial charge in [-0.15, -0.1) is 0 Å². The van der Waals surface area contributed by atoms with Gasteiger partial charge >= 0.3 is 0 Å². The quantitative estimate of drug-likeness (QED) is 0.636. The number of piperidine rings is 1. The van der Waals surface area contributed by atoms with E-state index in [0.29, 0.717) is 5.75 Å². The molecular formula is C10H22N2O2S. The van der Waals surface area contributed by atoms with Crippen molar-refractivity contribution in [2.45, 2.75) is 19.3 Å². The molecule has 1 heterocycles. The molecule has 15 heavy (non-hydrogen) atoms. The van der Waals surface area contributed by atoms with E-state index >= 15 is 0 Å². The highest BCUT2D eigenvalue weighted by atomic mass is 32.2. The summed E-state index contributed by atoms with van der Waals surface area (Å²) in [7, 11) is -2.78. The van der Waals surface area contributed by atoms with Crippen LogP contribution in [-0.4, -0.2) is 46.6 Å². The summed E-state index contributed by atoms with van der Waals surface area (Å²) in [4.78, 5) is 0. The molecule has 2 N–H and O–H groups in total. The molecule has 90 valence electrons. The number of sulfone groups is 1. The van der Waals surface area contributed by atoms with E-state index in [4.69, 9.17) is 0 Å². The normalized spacial score (nSPS) is 22.9. The van der Waals surface area contributed by atoms with E-state index in [9.17, 15) is 8.42 Å². The van der Waals surface area contributed by atoms with Crippen molar-refractivity contribution in [2.24, 2.45) is 5.92 Å². The molecule has 4 nitrogen and oxygen atoms in total. The first kappa shape index (κ1) is 12.9. The predicted octanol–water partition coefficient (Wildman–Crippen LogP) is 0.0103. The fraction of sp³-hybridized carbons (Fsp3) is 1.00. The molecule has 1 fully saturated rings. The fourth-order valence-electron chi connectivity index (χ4n) is 1.86. The Balaban J connectivity index is 1.96. The number of hydrogen-bond donors (Lipinski definition) is 2. The Morgan fingerprint density at radius 2 is 2.27 bits per heavy atom. The molecule has 0 bridgehead atoms. The molecule has 0 spiro atoms. The summed E-state index contributed by atoms with van der Waals surface area (Å²) in [6.45, 7) is 4.06. The molecule has 1 aliphatic heterocycles. The standard InChI is InChI=1S/C10H22N2O2S/c1-15(13,14)7-3-6-12-9-10-4-2-5-11-8-10/h10-12H,2-9H2,1H3. The van der Waals surface area contributed by atoms with Gasteiger partial charge in [0, 0.05) is 6.26 Å². The van der Waals surface area contributed by atoms with Gasteiger partial charge in [0.05, 0.1) is 5.75 Å². The highest BCUT2D eigenvalue weighted by Crippen LogP contribution is 2.07. The highest BCUT2D eigenvalue weighted by molar-refractivity contribution is 7.90. The zero-order chi connectivity index (χ0) is 11.1. The van der Waals surface area contributed by atoms with Crippen molar-refractivity contribution in [3.8, 4) is 0 Å². The SMILES string of the molecule is CS(=O)(=O)CCCNCC1CCCNC1. The van der Waals surface area contributed by atoms with Gasteiger partial charge < -0.3 is 10.6 Å². The Bertz CT molecular complexity index is 259. The molecular weight excluding hydrogens is 212 g/mol. The molecule has 1 atom stereocenters. The Morgan fingerprint density at radius 1 is 1.47 bits per heavy atom. The lowest BCUT2D eigenvalue weighted by molar-refractivity contribution is 0.361. The third kappa shape index (κ3) is 6.87. The van der Waals surface area contributed by atoms with Gasteiger partial charge in [0.1, 0.15) is 9.84 Å². The minimum atomic E-state index is -2.78. The summed E-state index contributed by atoms with van der Waals surface area (Å²) in [6, 6.07) is 0. The summed E-state index contributed by atoms with van der Waals surface area (Å²) in [6.07, 6.45) is 4.55. The maximum atomic E-state index is 10.9. The van der Waals surface area contributed by atoms with Crippen molar-refractivity contribution in [3.05, 3.63) is 0 Å². The lowest BCUT2D eigenvalue weighted by Crippen LogP contribution is -2.36. The third-order valence-electron chi connectivity index (χ3n) is 2.70. The monoisotopic (exact) mass is 234 g/mol. The molecule has 1 saturated heterocycles. The molecule has 0 aliphatic carbocycles. The topological polar surface area (TPSA) is 58.2 Å². The Labute approximate surface area is 92.7 Å². The summed E-state index contributed by atoms with van der Waals surface area (Å²) >= 11 is 0. The zero-order valence-corrected chi connectivity index (χ0v) is 10.3. The van der Waals surface area contributed by atoms with Gasteiger partial charge in [-0.2, -0.15) is 0 Å². The molecule has 1 rings (SSSR count). The van der Waals surface area contributed by atoms with Crippen LogP contribution in [0.1, 0.15) is 19.3 Å². The fourth-order valence-corrected chi connectivity index (χ4v) is 2.53. The molecule has 0 saturated carbocycles. The molecule has 1 aliphatic rings. The molecule has 5 heteroatoms. The van der Waals surface area contributed by atoms with Gasteiger partial charge in [-0.1, -0.05) is 0 Å². The summed E-state index contributed by atoms with van der Waals surface area (Å²) in [5.74, 6) is 1.01. The number of nitrogens with one attached hydrogen (secondary N) is 2. The highest BCUT2D eigenvalue weighted by Gasteiger charge is 2.11. The van der Waals surface area contributed by atoms with Crippen LogP contribution in [0.15, 0.2) is 0 Å². The van der Waals surface area contributed by atoms with Crippen molar-refractivity contribution in [2.75, 3.05) is 38.2 Å². The molecule has 0 aromatic heterocycles. The van der Waals surface area contributed by atoms with E-state index < -0.39 is 9.84 Å². The first-order valence-electron chi connectivity index (χ1n) is 5.67. The van der Waals surface area contributed by atoms with Crippen molar-refractivity contribution in [1.82, 2.24) is 10.6 Å². The van der Waals surface area contributed by atoms with Crippen molar-refractivity contribution >= 4 is 9.84 Å². The van der Waals surface area contributed by atoms with Crippen LogP contribution < -0.4 is 10.6 Å². The second kappa shape index (κ2) is 6.45. The number of rotatable bonds is 6. The molecule has 0 aromatic carbocycles. The van der Waals surface area contributed by atoms with Gasteiger partial charge in [-0.05, 0) is 51.4 Å². The molecule has 0 radical (unpaired) electrons. The van der Waals surface area contributed by atoms with Crippen molar-refractivity contribution in [1.29, 1.82) is 0 Å². The minimum Gasteiger partial charge on any atom is -0.316 e. The van der Waals surface area contributed by atoms with Crippen LogP contribution in [0.25, 0.3) is 0 Å². The van der Waals surface area contributed by atoms with E-state index in [1.807, 2.05) is 0 Å². The van der Waals surface area contributed by atoms with E-state index in [1.54, 1.807) is 0 Å². The third-order valence-corrected chi connectivity index (χ3v) is 3.73. The second-order valence-electron chi connectivity index (χ2n) is 4.40. The molecule has 1 unspecified atom stereocenters. The van der Waals surface area contributed by atoms with Crippen LogP contribution in [0.2, 0.25) is 0 Å². The van der Waals surface area contributed by atoms with Crippen LogP contribution in [0.4, 0.5) is 0 Å². The predicted molar refractivity (Wildman–Crippen MR) is 62.8 cm³/mol. The average molecular weight is 234 g/mol. The van der Waals surface area contributed by atoms with Crippen LogP contribution >= 0.6 is 0 Å². The molecule has 0 amide bonds. The Hall–Kier alpha value is -0.130. The lowest BCUT2D eigenvalue weighted by atomic mass is 10.00. The average Bonchev–Trinajstić information content (AvgIpc) is 2.17. The van der Waals surface area contributed by atoms with Gasteiger partial charge in [-0.3, -0.25) is 0 Å². The van der Waals surface area contributed by atoms with Gasteiger partial charge in [0.25, 0.3) is 0 Å². The van der Waals surface area contributed by atoms with Crippen LogP contribution in [0, 0.1) is 5.92 Å². The number of hydrogen-bond acceptors (Lipinski definition) is 4. The van der Waals surface area contributed by atoms with E-state index in [1.165, 1.54) is 19.1 Å². The van der Waals surface area contributed by atoms with Crippen LogP contribution in [0.3, 0.4) is 0 Å². The van der Waals surface area contributed by atoms with Gasteiger partial charge in [0.2, 0.25) is 0 Å². The van der Waals surface area contributed by atoms with E-state index in [2.05, 4.69) is 10.6 Å². The maximum Gasteiger partial charge on any atom is 0.147 e. The van der Waals surface area contributed by atoms with Crippen LogP contribution in [-0.2, 0) is 9.84 Å². The summed E-state index contributed by atoms with van der Waals surface area (Å²) < 4.78 is 21.7. The lowest BCUT2D eigenvalue weighted by Gasteiger charge is -2.22. The smallest absolute Gasteiger partial charge is 0.147 e. The Kier molecular flexibility index (Phi) is 5.56. The molecule has 0 aromatic rings. The summed E-state index contributed by atoms with van der Waals surface area (Å²) in [5, 5.41) is 6.69. The maximum absolute atomic E-state index is 10.9.